The molecule has 0 aliphatic carbocycles. The molecule has 2 N–H and O–H groups in total. The minimum Gasteiger partial charge on any atom is -0.376 e. The third-order valence-corrected chi connectivity index (χ3v) is 5.13. The summed E-state index contributed by atoms with van der Waals surface area (Å²) in [4.78, 5) is 37.8. The molecule has 7 nitrogen and oxygen atoms in total. The standard InChI is InChI=1S/C20H27N3O4/c1-14(24)22-17-6-4-16(5-7-17)20(26)23-10-8-15(9-11-23)19(25)21-13-18-3-2-12-27-18/h4-7,15,18H,2-3,8-13H2,1H3,(H,21,25)(H,22,24)/t18-/m1/s1. The number of piperidine rings is 1. The summed E-state index contributed by atoms with van der Waals surface area (Å²) in [7, 11) is 0. The zero-order valence-corrected chi connectivity index (χ0v) is 15.7. The van der Waals surface area contributed by atoms with Crippen molar-refractivity contribution in [2.45, 2.75) is 38.7 Å². The molecule has 1 atom stereocenters. The van der Waals surface area contributed by atoms with Crippen LogP contribution in [-0.4, -0.2) is 55.0 Å². The van der Waals surface area contributed by atoms with Gasteiger partial charge in [0.1, 0.15) is 0 Å². The fourth-order valence-electron chi connectivity index (χ4n) is 3.59. The van der Waals surface area contributed by atoms with Crippen LogP contribution in [0.2, 0.25) is 0 Å². The lowest BCUT2D eigenvalue weighted by molar-refractivity contribution is -0.126. The van der Waals surface area contributed by atoms with Crippen LogP contribution in [0.5, 0.6) is 0 Å². The summed E-state index contributed by atoms with van der Waals surface area (Å²) in [5.41, 5.74) is 1.26. The molecule has 146 valence electrons. The number of ether oxygens (including phenoxy) is 1. The molecule has 2 aliphatic heterocycles. The van der Waals surface area contributed by atoms with Crippen LogP contribution in [0.15, 0.2) is 24.3 Å². The maximum Gasteiger partial charge on any atom is 0.253 e. The van der Waals surface area contributed by atoms with Crippen molar-refractivity contribution in [3.8, 4) is 0 Å². The van der Waals surface area contributed by atoms with Crippen molar-refractivity contribution >= 4 is 23.4 Å². The molecule has 2 saturated heterocycles. The highest BCUT2D eigenvalue weighted by molar-refractivity contribution is 5.95. The molecule has 0 unspecified atom stereocenters. The van der Waals surface area contributed by atoms with Gasteiger partial charge in [0.15, 0.2) is 0 Å². The van der Waals surface area contributed by atoms with Crippen molar-refractivity contribution < 1.29 is 19.1 Å². The second-order valence-corrected chi connectivity index (χ2v) is 7.21. The number of hydrogen-bond donors (Lipinski definition) is 2. The van der Waals surface area contributed by atoms with Crippen molar-refractivity contribution in [1.82, 2.24) is 10.2 Å². The zero-order chi connectivity index (χ0) is 19.2. The van der Waals surface area contributed by atoms with Crippen molar-refractivity contribution in [3.63, 3.8) is 0 Å². The number of benzene rings is 1. The minimum atomic E-state index is -0.145. The average Bonchev–Trinajstić information content (AvgIpc) is 3.19. The number of nitrogens with zero attached hydrogens (tertiary/aromatic N) is 1. The number of carbonyl (C=O) groups excluding carboxylic acids is 3. The molecule has 7 heteroatoms. The summed E-state index contributed by atoms with van der Waals surface area (Å²) in [5, 5.41) is 5.67. The normalized spacial score (nSPS) is 20.3. The summed E-state index contributed by atoms with van der Waals surface area (Å²) >= 11 is 0. The summed E-state index contributed by atoms with van der Waals surface area (Å²) in [6, 6.07) is 6.88. The SMILES string of the molecule is CC(=O)Nc1ccc(C(=O)N2CCC(C(=O)NC[C@H]3CCCO3)CC2)cc1. The fraction of sp³-hybridized carbons (Fsp3) is 0.550. The van der Waals surface area contributed by atoms with Gasteiger partial charge in [0.2, 0.25) is 11.8 Å². The molecule has 2 fully saturated rings. The van der Waals surface area contributed by atoms with E-state index in [0.717, 1.165) is 19.4 Å². The summed E-state index contributed by atoms with van der Waals surface area (Å²) in [6.07, 6.45) is 3.57. The third-order valence-electron chi connectivity index (χ3n) is 5.13. The lowest BCUT2D eigenvalue weighted by atomic mass is 9.95. The highest BCUT2D eigenvalue weighted by atomic mass is 16.5. The van der Waals surface area contributed by atoms with Gasteiger partial charge in [0, 0.05) is 50.3 Å². The van der Waals surface area contributed by atoms with Crippen LogP contribution in [0.25, 0.3) is 0 Å². The van der Waals surface area contributed by atoms with Crippen LogP contribution in [0.4, 0.5) is 5.69 Å². The number of amides is 3. The first-order chi connectivity index (χ1) is 13.0. The van der Waals surface area contributed by atoms with E-state index < -0.39 is 0 Å². The number of rotatable bonds is 5. The summed E-state index contributed by atoms with van der Waals surface area (Å²) < 4.78 is 5.53. The van der Waals surface area contributed by atoms with E-state index >= 15 is 0 Å². The molecule has 27 heavy (non-hydrogen) atoms. The second kappa shape index (κ2) is 8.99. The topological polar surface area (TPSA) is 87.7 Å². The zero-order valence-electron chi connectivity index (χ0n) is 15.7. The van der Waals surface area contributed by atoms with E-state index in [1.165, 1.54) is 6.92 Å². The number of hydrogen-bond acceptors (Lipinski definition) is 4. The Labute approximate surface area is 159 Å². The lowest BCUT2D eigenvalue weighted by Crippen LogP contribution is -2.44. The van der Waals surface area contributed by atoms with Gasteiger partial charge in [-0.15, -0.1) is 0 Å². The van der Waals surface area contributed by atoms with Crippen molar-refractivity contribution in [2.24, 2.45) is 5.92 Å². The van der Waals surface area contributed by atoms with Crippen LogP contribution in [0, 0.1) is 5.92 Å². The van der Waals surface area contributed by atoms with Gasteiger partial charge in [-0.05, 0) is 49.9 Å². The van der Waals surface area contributed by atoms with E-state index in [1.807, 2.05) is 0 Å². The molecule has 0 bridgehead atoms. The van der Waals surface area contributed by atoms with E-state index in [9.17, 15) is 14.4 Å². The second-order valence-electron chi connectivity index (χ2n) is 7.21. The molecule has 0 aromatic heterocycles. The first kappa shape index (κ1) is 19.4. The van der Waals surface area contributed by atoms with Gasteiger partial charge in [0.05, 0.1) is 6.10 Å². The Morgan fingerprint density at radius 2 is 1.81 bits per heavy atom. The Hall–Kier alpha value is -2.41. The van der Waals surface area contributed by atoms with Crippen LogP contribution < -0.4 is 10.6 Å². The molecular formula is C20H27N3O4. The van der Waals surface area contributed by atoms with Gasteiger partial charge in [-0.1, -0.05) is 0 Å². The van der Waals surface area contributed by atoms with Gasteiger partial charge in [-0.3, -0.25) is 14.4 Å². The maximum absolute atomic E-state index is 12.6. The Bertz CT molecular complexity index is 675. The molecule has 2 heterocycles. The van der Waals surface area contributed by atoms with Gasteiger partial charge in [0.25, 0.3) is 5.91 Å². The van der Waals surface area contributed by atoms with Crippen LogP contribution in [0.3, 0.4) is 0 Å². The molecular weight excluding hydrogens is 346 g/mol. The smallest absolute Gasteiger partial charge is 0.253 e. The maximum atomic E-state index is 12.6. The quantitative estimate of drug-likeness (QED) is 0.824. The predicted molar refractivity (Wildman–Crippen MR) is 101 cm³/mol. The van der Waals surface area contributed by atoms with Crippen LogP contribution in [-0.2, 0) is 14.3 Å². The Kier molecular flexibility index (Phi) is 6.45. The number of likely N-dealkylation sites (tertiary alicyclic amines) is 1. The van der Waals surface area contributed by atoms with E-state index in [4.69, 9.17) is 4.74 Å². The fourth-order valence-corrected chi connectivity index (χ4v) is 3.59. The number of carbonyl (C=O) groups is 3. The molecule has 0 spiro atoms. The first-order valence-electron chi connectivity index (χ1n) is 9.59. The minimum absolute atomic E-state index is 0.0393. The van der Waals surface area contributed by atoms with Crippen LogP contribution in [0.1, 0.15) is 43.0 Å². The van der Waals surface area contributed by atoms with Crippen molar-refractivity contribution in [3.05, 3.63) is 29.8 Å². The van der Waals surface area contributed by atoms with Crippen molar-refractivity contribution in [2.75, 3.05) is 31.6 Å². The van der Waals surface area contributed by atoms with Gasteiger partial charge < -0.3 is 20.3 Å². The summed E-state index contributed by atoms with van der Waals surface area (Å²) in [6.45, 7) is 3.96. The Morgan fingerprint density at radius 1 is 1.11 bits per heavy atom. The number of nitrogens with one attached hydrogen (secondary N) is 2. The molecule has 1 aromatic rings. The highest BCUT2D eigenvalue weighted by Crippen LogP contribution is 2.20. The van der Waals surface area contributed by atoms with E-state index in [0.29, 0.717) is 43.7 Å². The molecule has 0 radical (unpaired) electrons. The molecule has 3 rings (SSSR count). The molecule has 1 aromatic carbocycles. The van der Waals surface area contributed by atoms with Gasteiger partial charge in [-0.25, -0.2) is 0 Å². The van der Waals surface area contributed by atoms with Gasteiger partial charge in [-0.2, -0.15) is 0 Å². The lowest BCUT2D eigenvalue weighted by Gasteiger charge is -2.31. The molecule has 2 aliphatic rings. The molecule has 0 saturated carbocycles. The highest BCUT2D eigenvalue weighted by Gasteiger charge is 2.28. The summed E-state index contributed by atoms with van der Waals surface area (Å²) in [5.74, 6) is -0.161. The largest absolute Gasteiger partial charge is 0.376 e. The van der Waals surface area contributed by atoms with Crippen molar-refractivity contribution in [1.29, 1.82) is 0 Å². The monoisotopic (exact) mass is 373 g/mol. The number of anilines is 1. The first-order valence-corrected chi connectivity index (χ1v) is 9.59. The van der Waals surface area contributed by atoms with E-state index in [-0.39, 0.29) is 29.7 Å². The Balaban J connectivity index is 1.45. The molecule has 3 amide bonds. The van der Waals surface area contributed by atoms with Gasteiger partial charge >= 0.3 is 0 Å². The predicted octanol–water partition coefficient (Wildman–Crippen LogP) is 1.79. The van der Waals surface area contributed by atoms with Crippen LogP contribution >= 0.6 is 0 Å². The third kappa shape index (κ3) is 5.29. The average molecular weight is 373 g/mol. The van der Waals surface area contributed by atoms with E-state index in [2.05, 4.69) is 10.6 Å². The Morgan fingerprint density at radius 3 is 2.41 bits per heavy atom. The van der Waals surface area contributed by atoms with E-state index in [1.54, 1.807) is 29.2 Å².